The molecular formula is C16H26N4O2. The minimum absolute atomic E-state index is 0.0883. The molecule has 2 atom stereocenters. The average molecular weight is 306 g/mol. The molecule has 0 radical (unpaired) electrons. The van der Waals surface area contributed by atoms with Crippen molar-refractivity contribution in [2.24, 2.45) is 0 Å². The van der Waals surface area contributed by atoms with Gasteiger partial charge in [-0.25, -0.2) is 0 Å². The number of ether oxygens (including phenoxy) is 1. The van der Waals surface area contributed by atoms with Crippen LogP contribution in [-0.4, -0.2) is 59.0 Å². The number of likely N-dealkylation sites (tertiary alicyclic amines) is 1. The molecular weight excluding hydrogens is 280 g/mol. The highest BCUT2D eigenvalue weighted by Crippen LogP contribution is 2.24. The van der Waals surface area contributed by atoms with Crippen LogP contribution in [0.15, 0.2) is 6.07 Å². The van der Waals surface area contributed by atoms with Crippen LogP contribution in [0.4, 0.5) is 0 Å². The lowest BCUT2D eigenvalue weighted by atomic mass is 10.1. The molecule has 3 heterocycles. The van der Waals surface area contributed by atoms with Crippen molar-refractivity contribution in [1.82, 2.24) is 20.0 Å². The molecule has 0 bridgehead atoms. The molecule has 6 heteroatoms. The maximum atomic E-state index is 12.2. The maximum absolute atomic E-state index is 12.2. The molecule has 1 aromatic rings. The van der Waals surface area contributed by atoms with Gasteiger partial charge in [0.15, 0.2) is 0 Å². The summed E-state index contributed by atoms with van der Waals surface area (Å²) in [6.07, 6.45) is 2.36. The summed E-state index contributed by atoms with van der Waals surface area (Å²) < 4.78 is 7.62. The third kappa shape index (κ3) is 3.17. The van der Waals surface area contributed by atoms with E-state index in [4.69, 9.17) is 4.74 Å². The number of hydrogen-bond acceptors (Lipinski definition) is 4. The first-order chi connectivity index (χ1) is 10.5. The normalized spacial score (nSPS) is 24.2. The summed E-state index contributed by atoms with van der Waals surface area (Å²) in [5.41, 5.74) is 2.25. The number of nitrogens with zero attached hydrogens (tertiary/aromatic N) is 3. The average Bonchev–Trinajstić information content (AvgIpc) is 3.04. The van der Waals surface area contributed by atoms with Crippen molar-refractivity contribution in [2.75, 3.05) is 26.2 Å². The van der Waals surface area contributed by atoms with E-state index in [2.05, 4.69) is 33.0 Å². The lowest BCUT2D eigenvalue weighted by Gasteiger charge is -2.42. The van der Waals surface area contributed by atoms with Gasteiger partial charge in [0.05, 0.1) is 23.9 Å². The molecule has 22 heavy (non-hydrogen) atoms. The summed E-state index contributed by atoms with van der Waals surface area (Å²) in [6.45, 7) is 9.31. The summed E-state index contributed by atoms with van der Waals surface area (Å²) >= 11 is 0. The van der Waals surface area contributed by atoms with E-state index in [-0.39, 0.29) is 18.1 Å². The smallest absolute Gasteiger partial charge is 0.237 e. The van der Waals surface area contributed by atoms with E-state index in [0.717, 1.165) is 38.2 Å². The van der Waals surface area contributed by atoms with Crippen LogP contribution >= 0.6 is 0 Å². The molecule has 0 spiro atoms. The molecule has 1 aromatic heterocycles. The molecule has 2 fully saturated rings. The van der Waals surface area contributed by atoms with Crippen molar-refractivity contribution in [3.63, 3.8) is 0 Å². The predicted molar refractivity (Wildman–Crippen MR) is 83.8 cm³/mol. The molecule has 0 aliphatic carbocycles. The van der Waals surface area contributed by atoms with Gasteiger partial charge in [-0.15, -0.1) is 0 Å². The Morgan fingerprint density at radius 2 is 2.27 bits per heavy atom. The van der Waals surface area contributed by atoms with Gasteiger partial charge in [0.2, 0.25) is 5.91 Å². The van der Waals surface area contributed by atoms with Gasteiger partial charge >= 0.3 is 0 Å². The fourth-order valence-corrected chi connectivity index (χ4v) is 3.31. The van der Waals surface area contributed by atoms with Crippen molar-refractivity contribution < 1.29 is 9.53 Å². The number of carbonyl (C=O) groups excluding carboxylic acids is 1. The van der Waals surface area contributed by atoms with Crippen molar-refractivity contribution in [3.05, 3.63) is 17.5 Å². The molecule has 122 valence electrons. The third-order valence-corrected chi connectivity index (χ3v) is 4.74. The Morgan fingerprint density at radius 3 is 2.86 bits per heavy atom. The predicted octanol–water partition coefficient (Wildman–Crippen LogP) is 1.04. The minimum atomic E-state index is -0.0883. The number of nitrogens with one attached hydrogen (secondary N) is 1. The van der Waals surface area contributed by atoms with Crippen LogP contribution in [0.3, 0.4) is 0 Å². The quantitative estimate of drug-likeness (QED) is 0.883. The molecule has 2 saturated heterocycles. The first kappa shape index (κ1) is 15.5. The van der Waals surface area contributed by atoms with E-state index in [1.54, 1.807) is 0 Å². The summed E-state index contributed by atoms with van der Waals surface area (Å²) in [7, 11) is 0. The number of rotatable bonds is 5. The summed E-state index contributed by atoms with van der Waals surface area (Å²) in [5.74, 6) is 0.0994. The van der Waals surface area contributed by atoms with Gasteiger partial charge in [-0.05, 0) is 39.7 Å². The van der Waals surface area contributed by atoms with Crippen molar-refractivity contribution in [3.8, 4) is 0 Å². The highest BCUT2D eigenvalue weighted by atomic mass is 16.5. The van der Waals surface area contributed by atoms with Crippen LogP contribution in [0.2, 0.25) is 0 Å². The van der Waals surface area contributed by atoms with Gasteiger partial charge in [0.1, 0.15) is 0 Å². The fourth-order valence-electron chi connectivity index (χ4n) is 3.31. The van der Waals surface area contributed by atoms with Crippen LogP contribution in [0.1, 0.15) is 37.2 Å². The van der Waals surface area contributed by atoms with E-state index < -0.39 is 0 Å². The molecule has 0 aromatic carbocycles. The second-order valence-corrected chi connectivity index (χ2v) is 6.54. The molecule has 1 N–H and O–H groups in total. The molecule has 3 rings (SSSR count). The van der Waals surface area contributed by atoms with E-state index >= 15 is 0 Å². The number of aromatic nitrogens is 2. The first-order valence-corrected chi connectivity index (χ1v) is 8.20. The van der Waals surface area contributed by atoms with Crippen LogP contribution in [0.25, 0.3) is 0 Å². The van der Waals surface area contributed by atoms with Gasteiger partial charge in [-0.2, -0.15) is 5.10 Å². The zero-order valence-corrected chi connectivity index (χ0v) is 13.7. The molecule has 0 saturated carbocycles. The second kappa shape index (κ2) is 6.38. The number of carbonyl (C=O) groups is 1. The van der Waals surface area contributed by atoms with Gasteiger partial charge in [0.25, 0.3) is 0 Å². The maximum Gasteiger partial charge on any atom is 0.237 e. The van der Waals surface area contributed by atoms with E-state index in [0.29, 0.717) is 12.6 Å². The third-order valence-electron chi connectivity index (χ3n) is 4.74. The van der Waals surface area contributed by atoms with Gasteiger partial charge in [-0.1, -0.05) is 0 Å². The number of aryl methyl sites for hydroxylation is 2. The Labute approximate surface area is 131 Å². The number of amides is 1. The SMILES string of the molecule is Cc1cc(C)n(C2CN([C@H](C)C(=O)NC[C@@H]3CCCO3)C2)n1. The Balaban J connectivity index is 1.45. The Kier molecular flexibility index (Phi) is 4.49. The Morgan fingerprint density at radius 1 is 1.50 bits per heavy atom. The first-order valence-electron chi connectivity index (χ1n) is 8.20. The molecule has 6 nitrogen and oxygen atoms in total. The van der Waals surface area contributed by atoms with Crippen molar-refractivity contribution >= 4 is 5.91 Å². The Bertz CT molecular complexity index is 530. The second-order valence-electron chi connectivity index (χ2n) is 6.54. The van der Waals surface area contributed by atoms with Crippen LogP contribution < -0.4 is 5.32 Å². The van der Waals surface area contributed by atoms with Crippen molar-refractivity contribution in [1.29, 1.82) is 0 Å². The lowest BCUT2D eigenvalue weighted by molar-refractivity contribution is -0.128. The largest absolute Gasteiger partial charge is 0.376 e. The van der Waals surface area contributed by atoms with Gasteiger partial charge in [-0.3, -0.25) is 14.4 Å². The molecule has 0 unspecified atom stereocenters. The molecule has 2 aliphatic heterocycles. The van der Waals surface area contributed by atoms with Crippen molar-refractivity contribution in [2.45, 2.75) is 51.8 Å². The molecule has 2 aliphatic rings. The fraction of sp³-hybridized carbons (Fsp3) is 0.750. The van der Waals surface area contributed by atoms with E-state index in [9.17, 15) is 4.79 Å². The Hall–Kier alpha value is -1.40. The highest BCUT2D eigenvalue weighted by Gasteiger charge is 2.35. The standard InChI is InChI=1S/C16H26N4O2/c1-11-7-12(2)20(18-11)14-9-19(10-14)13(3)16(21)17-8-15-5-4-6-22-15/h7,13-15H,4-6,8-10H2,1-3H3,(H,17,21)/t13-,15+/m1/s1. The van der Waals surface area contributed by atoms with Gasteiger partial charge in [0, 0.05) is 31.9 Å². The van der Waals surface area contributed by atoms with E-state index in [1.165, 1.54) is 5.69 Å². The molecule has 1 amide bonds. The summed E-state index contributed by atoms with van der Waals surface area (Å²) in [4.78, 5) is 14.4. The van der Waals surface area contributed by atoms with Crippen LogP contribution in [0, 0.1) is 13.8 Å². The zero-order chi connectivity index (χ0) is 15.7. The minimum Gasteiger partial charge on any atom is -0.376 e. The summed E-state index contributed by atoms with van der Waals surface area (Å²) in [6, 6.07) is 2.40. The summed E-state index contributed by atoms with van der Waals surface area (Å²) in [5, 5.41) is 7.55. The van der Waals surface area contributed by atoms with Gasteiger partial charge < -0.3 is 10.1 Å². The topological polar surface area (TPSA) is 59.4 Å². The monoisotopic (exact) mass is 306 g/mol. The van der Waals surface area contributed by atoms with E-state index in [1.807, 2.05) is 13.8 Å². The lowest BCUT2D eigenvalue weighted by Crippen LogP contribution is -2.57. The number of hydrogen-bond donors (Lipinski definition) is 1. The van der Waals surface area contributed by atoms with Crippen LogP contribution in [-0.2, 0) is 9.53 Å². The zero-order valence-electron chi connectivity index (χ0n) is 13.7. The highest BCUT2D eigenvalue weighted by molar-refractivity contribution is 5.81. The van der Waals surface area contributed by atoms with Crippen LogP contribution in [0.5, 0.6) is 0 Å².